The Kier molecular flexibility index (Phi) is 59.5. The summed E-state index contributed by atoms with van der Waals surface area (Å²) < 4.78 is 34.5. The molecule has 0 aliphatic carbocycles. The molecule has 12 N–H and O–H groups in total. The number of unbranched alkanes of at least 4 members (excludes halogenated alkanes) is 46. The van der Waals surface area contributed by atoms with Crippen LogP contribution in [0.4, 0.5) is 0 Å². The van der Waals surface area contributed by atoms with Gasteiger partial charge in [-0.3, -0.25) is 4.79 Å². The molecule has 0 radical (unpaired) electrons. The maximum atomic E-state index is 13.5. The van der Waals surface area contributed by atoms with Crippen LogP contribution >= 0.6 is 0 Å². The number of amides is 1. The summed E-state index contributed by atoms with van der Waals surface area (Å²) in [5.74, 6) is -0.269. The van der Waals surface area contributed by atoms with Crippen LogP contribution in [0.2, 0.25) is 0 Å². The van der Waals surface area contributed by atoms with E-state index in [9.17, 15) is 61.0 Å². The highest BCUT2D eigenvalue weighted by Crippen LogP contribution is 2.33. The molecule has 3 heterocycles. The normalized spacial score (nSPS) is 26.2. The minimum Gasteiger partial charge on any atom is -0.394 e. The second-order valence-electron chi connectivity index (χ2n) is 30.3. The van der Waals surface area contributed by atoms with Crippen LogP contribution in [-0.4, -0.2) is 193 Å². The number of rotatable bonds is 68. The molecular weight excluding hydrogens is 1310 g/mol. The van der Waals surface area contributed by atoms with E-state index in [1.54, 1.807) is 6.08 Å². The maximum Gasteiger partial charge on any atom is 0.220 e. The van der Waals surface area contributed by atoms with E-state index in [1.807, 2.05) is 6.08 Å². The average molecular weight is 1470 g/mol. The van der Waals surface area contributed by atoms with Crippen molar-refractivity contribution in [1.29, 1.82) is 0 Å². The first kappa shape index (κ1) is 95.0. The molecule has 0 bridgehead atoms. The Morgan fingerprint density at radius 3 is 1.00 bits per heavy atom. The molecule has 3 saturated heterocycles. The standard InChI is InChI=1S/C84H155NO18/c1-3-5-7-9-11-13-15-17-19-21-23-25-27-28-29-30-31-32-33-34-35-36-37-38-40-42-44-46-48-50-52-54-56-58-60-62-72(90)85-67(68(89)61-59-57-55-53-51-49-47-45-43-41-39-26-24-22-20-18-16-14-12-10-8-6-4-2)66-98-82-78(96)75(93)80(70(64-87)100-82)103-84-79(97)76(94)81(71(65-88)101-84)102-83-77(95)74(92)73(91)69(63-86)99-83/h15,17,21,23,27-28,59,61,67-71,73-84,86-89,91-97H,3-14,16,18-20,22,24-26,29-58,60,62-66H2,1-2H3,(H,85,90)/b17-15-,23-21-,28-27-,61-59+. The van der Waals surface area contributed by atoms with Gasteiger partial charge in [0.2, 0.25) is 5.91 Å². The largest absolute Gasteiger partial charge is 0.394 e. The molecule has 1 amide bonds. The predicted molar refractivity (Wildman–Crippen MR) is 411 cm³/mol. The molecule has 0 aromatic heterocycles. The number of hydrogen-bond donors (Lipinski definition) is 12. The van der Waals surface area contributed by atoms with E-state index in [4.69, 9.17) is 28.4 Å². The summed E-state index contributed by atoms with van der Waals surface area (Å²) in [6.07, 6.45) is 55.3. The summed E-state index contributed by atoms with van der Waals surface area (Å²) in [4.78, 5) is 13.5. The minimum atomic E-state index is -1.98. The van der Waals surface area contributed by atoms with Gasteiger partial charge < -0.3 is 89.9 Å². The molecule has 3 aliphatic heterocycles. The summed E-state index contributed by atoms with van der Waals surface area (Å²) in [6.45, 7) is 1.78. The zero-order valence-electron chi connectivity index (χ0n) is 64.8. The van der Waals surface area contributed by atoms with Crippen molar-refractivity contribution in [2.24, 2.45) is 0 Å². The molecule has 3 rings (SSSR count). The van der Waals surface area contributed by atoms with Crippen LogP contribution < -0.4 is 5.32 Å². The minimum absolute atomic E-state index is 0.246. The van der Waals surface area contributed by atoms with Gasteiger partial charge in [0.1, 0.15) is 73.2 Å². The molecule has 0 spiro atoms. The maximum absolute atomic E-state index is 13.5. The molecule has 3 aliphatic rings. The Bertz CT molecular complexity index is 2050. The third kappa shape index (κ3) is 44.3. The van der Waals surface area contributed by atoms with E-state index < -0.39 is 124 Å². The van der Waals surface area contributed by atoms with Gasteiger partial charge in [0, 0.05) is 6.42 Å². The van der Waals surface area contributed by atoms with Crippen LogP contribution in [0.25, 0.3) is 0 Å². The summed E-state index contributed by atoms with van der Waals surface area (Å²) >= 11 is 0. The highest BCUT2D eigenvalue weighted by molar-refractivity contribution is 5.76. The first-order valence-electron chi connectivity index (χ1n) is 42.4. The van der Waals surface area contributed by atoms with E-state index in [0.29, 0.717) is 6.42 Å². The summed E-state index contributed by atoms with van der Waals surface area (Å²) in [6, 6.07) is -0.974. The number of ether oxygens (including phenoxy) is 6. The van der Waals surface area contributed by atoms with Crippen LogP contribution in [-0.2, 0) is 33.2 Å². The van der Waals surface area contributed by atoms with Crippen molar-refractivity contribution < 1.29 is 89.4 Å². The van der Waals surface area contributed by atoms with Crippen LogP contribution in [0.15, 0.2) is 48.6 Å². The van der Waals surface area contributed by atoms with Gasteiger partial charge in [0.15, 0.2) is 18.9 Å². The number of carbonyl (C=O) groups excluding carboxylic acids is 1. The van der Waals surface area contributed by atoms with E-state index >= 15 is 0 Å². The molecule has 3 fully saturated rings. The fraction of sp³-hybridized carbons (Fsp3) is 0.893. The smallest absolute Gasteiger partial charge is 0.220 e. The lowest BCUT2D eigenvalue weighted by Gasteiger charge is -2.48. The monoisotopic (exact) mass is 1470 g/mol. The third-order valence-corrected chi connectivity index (χ3v) is 21.1. The Balaban J connectivity index is 1.34. The summed E-state index contributed by atoms with van der Waals surface area (Å²) in [7, 11) is 0. The Hall–Kier alpha value is -2.25. The fourth-order valence-electron chi connectivity index (χ4n) is 14.3. The molecule has 604 valence electrons. The molecule has 17 atom stereocenters. The predicted octanol–water partition coefficient (Wildman–Crippen LogP) is 14.8. The van der Waals surface area contributed by atoms with Crippen molar-refractivity contribution in [3.63, 3.8) is 0 Å². The summed E-state index contributed by atoms with van der Waals surface area (Å²) in [5.41, 5.74) is 0. The van der Waals surface area contributed by atoms with Crippen molar-refractivity contribution in [1.82, 2.24) is 5.32 Å². The number of carbonyl (C=O) groups is 1. The highest BCUT2D eigenvalue weighted by atomic mass is 16.8. The molecule has 19 heteroatoms. The molecule has 19 nitrogen and oxygen atoms in total. The van der Waals surface area contributed by atoms with Crippen LogP contribution in [0.5, 0.6) is 0 Å². The molecule has 0 aromatic carbocycles. The van der Waals surface area contributed by atoms with Gasteiger partial charge in [0.05, 0.1) is 38.6 Å². The van der Waals surface area contributed by atoms with E-state index in [2.05, 4.69) is 55.6 Å². The van der Waals surface area contributed by atoms with E-state index in [0.717, 1.165) is 57.8 Å². The second-order valence-corrected chi connectivity index (χ2v) is 30.3. The molecule has 0 aromatic rings. The topological polar surface area (TPSA) is 307 Å². The Labute approximate surface area is 624 Å². The van der Waals surface area contributed by atoms with Gasteiger partial charge in [0.25, 0.3) is 0 Å². The van der Waals surface area contributed by atoms with Gasteiger partial charge in [-0.1, -0.05) is 332 Å². The van der Waals surface area contributed by atoms with Crippen molar-refractivity contribution in [2.75, 3.05) is 26.4 Å². The highest BCUT2D eigenvalue weighted by Gasteiger charge is 2.54. The van der Waals surface area contributed by atoms with Crippen LogP contribution in [0.3, 0.4) is 0 Å². The van der Waals surface area contributed by atoms with Gasteiger partial charge in [-0.05, 0) is 57.8 Å². The van der Waals surface area contributed by atoms with Crippen molar-refractivity contribution in [3.8, 4) is 0 Å². The van der Waals surface area contributed by atoms with Crippen LogP contribution in [0, 0.1) is 0 Å². The van der Waals surface area contributed by atoms with Crippen molar-refractivity contribution in [2.45, 2.75) is 452 Å². The average Bonchev–Trinajstić information content (AvgIpc) is 0.781. The first-order valence-corrected chi connectivity index (χ1v) is 42.4. The van der Waals surface area contributed by atoms with Gasteiger partial charge in [-0.25, -0.2) is 0 Å². The lowest BCUT2D eigenvalue weighted by Crippen LogP contribution is -2.66. The molecular formula is C84H155NO18. The van der Waals surface area contributed by atoms with Gasteiger partial charge >= 0.3 is 0 Å². The quantitative estimate of drug-likeness (QED) is 0.0199. The lowest BCUT2D eigenvalue weighted by atomic mass is 9.96. The first-order chi connectivity index (χ1) is 50.3. The third-order valence-electron chi connectivity index (χ3n) is 21.1. The van der Waals surface area contributed by atoms with Crippen molar-refractivity contribution >= 4 is 5.91 Å². The van der Waals surface area contributed by atoms with Crippen molar-refractivity contribution in [3.05, 3.63) is 48.6 Å². The SMILES string of the molecule is CCCCCCC/C=C\C/C=C\C/C=C\CCCCCCCCCCCCCCCCCCCCCCC(=O)NC(COC1OC(CO)C(OC2OC(CO)C(OC3OC(CO)C(O)C(O)C3O)C(O)C2O)C(O)C1O)C(O)/C=C/CCCCCCCCCCCCCCCCCCCCCCC. The van der Waals surface area contributed by atoms with Crippen LogP contribution in [0.1, 0.15) is 348 Å². The molecule has 17 unspecified atom stereocenters. The number of aliphatic hydroxyl groups is 11. The second kappa shape index (κ2) is 64.6. The lowest BCUT2D eigenvalue weighted by molar-refractivity contribution is -0.379. The number of aliphatic hydroxyl groups excluding tert-OH is 11. The zero-order valence-corrected chi connectivity index (χ0v) is 64.8. The number of nitrogens with one attached hydrogen (secondary N) is 1. The van der Waals surface area contributed by atoms with E-state index in [-0.39, 0.29) is 18.9 Å². The molecule has 0 saturated carbocycles. The Morgan fingerprint density at radius 2 is 0.641 bits per heavy atom. The van der Waals surface area contributed by atoms with Gasteiger partial charge in [-0.2, -0.15) is 0 Å². The number of hydrogen-bond acceptors (Lipinski definition) is 18. The zero-order chi connectivity index (χ0) is 74.6. The van der Waals surface area contributed by atoms with Gasteiger partial charge in [-0.15, -0.1) is 0 Å². The molecule has 103 heavy (non-hydrogen) atoms. The number of allylic oxidation sites excluding steroid dienone is 7. The Morgan fingerprint density at radius 1 is 0.350 bits per heavy atom. The fourth-order valence-corrected chi connectivity index (χ4v) is 14.3. The van der Waals surface area contributed by atoms with E-state index in [1.165, 1.54) is 263 Å². The summed E-state index contributed by atoms with van der Waals surface area (Å²) in [5, 5.41) is 121.